The molecule has 1 atom stereocenters. The van der Waals surface area contributed by atoms with Gasteiger partial charge in [-0.2, -0.15) is 0 Å². The van der Waals surface area contributed by atoms with Crippen molar-refractivity contribution in [3.05, 3.63) is 134 Å². The van der Waals surface area contributed by atoms with Crippen LogP contribution in [-0.4, -0.2) is 37.2 Å². The lowest BCUT2D eigenvalue weighted by Crippen LogP contribution is -2.30. The molecule has 0 aliphatic carbocycles. The Morgan fingerprint density at radius 3 is 1.09 bits per heavy atom. The molecule has 0 N–H and O–H groups in total. The van der Waals surface area contributed by atoms with Gasteiger partial charge in [-0.3, -0.25) is 14.4 Å². The van der Waals surface area contributed by atoms with Crippen LogP contribution in [0.3, 0.4) is 0 Å². The van der Waals surface area contributed by atoms with E-state index in [9.17, 15) is 14.4 Å². The minimum absolute atomic E-state index is 0.109. The van der Waals surface area contributed by atoms with Gasteiger partial charge in [-0.15, -0.1) is 0 Å². The summed E-state index contributed by atoms with van der Waals surface area (Å²) >= 11 is 0. The average Bonchev–Trinajstić information content (AvgIpc) is 3.34. The van der Waals surface area contributed by atoms with Gasteiger partial charge in [-0.25, -0.2) is 0 Å². The lowest BCUT2D eigenvalue weighted by molar-refractivity contribution is -0.166. The van der Waals surface area contributed by atoms with E-state index in [1.54, 1.807) is 6.08 Å². The lowest BCUT2D eigenvalue weighted by Gasteiger charge is -2.18. The summed E-state index contributed by atoms with van der Waals surface area (Å²) in [5, 5.41) is 0. The van der Waals surface area contributed by atoms with Crippen LogP contribution in [0.25, 0.3) is 0 Å². The van der Waals surface area contributed by atoms with Gasteiger partial charge in [0.25, 0.3) is 0 Å². The van der Waals surface area contributed by atoms with Crippen molar-refractivity contribution in [3.8, 4) is 0 Å². The molecule has 0 aromatic carbocycles. The maximum absolute atomic E-state index is 12.8. The van der Waals surface area contributed by atoms with Crippen molar-refractivity contribution in [1.82, 2.24) is 0 Å². The van der Waals surface area contributed by atoms with Crippen LogP contribution in [0.4, 0.5) is 0 Å². The molecule has 1 unspecified atom stereocenters. The fraction of sp³-hybridized carbons (Fsp3) is 0.597. The third kappa shape index (κ3) is 52.5. The van der Waals surface area contributed by atoms with Gasteiger partial charge in [0.05, 0.1) is 6.42 Å². The van der Waals surface area contributed by atoms with Crippen LogP contribution >= 0.6 is 0 Å². The van der Waals surface area contributed by atoms with Crippen molar-refractivity contribution in [2.75, 3.05) is 13.2 Å². The van der Waals surface area contributed by atoms with Crippen LogP contribution < -0.4 is 0 Å². The van der Waals surface area contributed by atoms with Crippen LogP contribution in [0.1, 0.15) is 220 Å². The summed E-state index contributed by atoms with van der Waals surface area (Å²) in [6.07, 6.45) is 77.6. The maximum atomic E-state index is 12.8. The molecule has 0 fully saturated rings. The molecular weight excluding hydrogens is 841 g/mol. The van der Waals surface area contributed by atoms with E-state index in [-0.39, 0.29) is 32.0 Å². The zero-order valence-corrected chi connectivity index (χ0v) is 43.6. The predicted molar refractivity (Wildman–Crippen MR) is 292 cm³/mol. The van der Waals surface area contributed by atoms with E-state index >= 15 is 0 Å². The first kappa shape index (κ1) is 63.6. The van der Waals surface area contributed by atoms with E-state index in [1.165, 1.54) is 83.5 Å². The molecule has 0 spiro atoms. The van der Waals surface area contributed by atoms with Gasteiger partial charge in [0.15, 0.2) is 6.10 Å². The van der Waals surface area contributed by atoms with Gasteiger partial charge in [0.2, 0.25) is 0 Å². The first-order valence-electron chi connectivity index (χ1n) is 27.2. The number of ether oxygens (including phenoxy) is 3. The summed E-state index contributed by atoms with van der Waals surface area (Å²) in [7, 11) is 0. The summed E-state index contributed by atoms with van der Waals surface area (Å²) < 4.78 is 16.7. The molecular formula is C62H98O6. The van der Waals surface area contributed by atoms with Crippen molar-refractivity contribution in [2.24, 2.45) is 0 Å². The second kappa shape index (κ2) is 55.1. The van der Waals surface area contributed by atoms with Crippen molar-refractivity contribution in [2.45, 2.75) is 226 Å². The second-order valence-electron chi connectivity index (χ2n) is 17.4. The molecule has 0 aliphatic heterocycles. The molecule has 0 bridgehead atoms. The summed E-state index contributed by atoms with van der Waals surface area (Å²) in [6, 6.07) is 0. The summed E-state index contributed by atoms with van der Waals surface area (Å²) in [5.74, 6) is -1.14. The van der Waals surface area contributed by atoms with E-state index < -0.39 is 18.0 Å². The number of unbranched alkanes of at least 4 members (excludes halogenated alkanes) is 15. The average molecular weight is 939 g/mol. The van der Waals surface area contributed by atoms with Gasteiger partial charge in [-0.1, -0.05) is 225 Å². The monoisotopic (exact) mass is 939 g/mol. The Kier molecular flexibility index (Phi) is 51.5. The maximum Gasteiger partial charge on any atom is 0.309 e. The number of hydrogen-bond donors (Lipinski definition) is 0. The number of rotatable bonds is 47. The van der Waals surface area contributed by atoms with E-state index in [4.69, 9.17) is 14.2 Å². The van der Waals surface area contributed by atoms with Gasteiger partial charge in [-0.05, 0) is 109 Å². The Morgan fingerprint density at radius 1 is 0.324 bits per heavy atom. The summed E-state index contributed by atoms with van der Waals surface area (Å²) in [4.78, 5) is 38.0. The molecule has 382 valence electrons. The Bertz CT molecular complexity index is 1500. The predicted octanol–water partition coefficient (Wildman–Crippen LogP) is 18.3. The largest absolute Gasteiger partial charge is 0.462 e. The highest BCUT2D eigenvalue weighted by atomic mass is 16.6. The molecule has 0 aromatic rings. The summed E-state index contributed by atoms with van der Waals surface area (Å²) in [5.41, 5.74) is 0. The minimum atomic E-state index is -0.854. The molecule has 0 saturated carbocycles. The SMILES string of the molecule is CC/C=C\C/C=C\C/C=C\C/C=C\C/C=C\CCCC(=O)OC(COC(=O)C/C=C\C/C=C\C/C=C\C/C=C\C/C=C\CC)COC(=O)CCCCCCCCC/C=C\CCCCCCCCC. The van der Waals surface area contributed by atoms with Crippen molar-refractivity contribution < 1.29 is 28.6 Å². The third-order valence-corrected chi connectivity index (χ3v) is 10.9. The Morgan fingerprint density at radius 2 is 0.647 bits per heavy atom. The zero-order valence-electron chi connectivity index (χ0n) is 43.6. The molecule has 0 radical (unpaired) electrons. The van der Waals surface area contributed by atoms with Crippen LogP contribution in [-0.2, 0) is 28.6 Å². The van der Waals surface area contributed by atoms with E-state index in [0.717, 1.165) is 89.9 Å². The Balaban J connectivity index is 4.60. The number of hydrogen-bond acceptors (Lipinski definition) is 6. The Labute approximate surface area is 417 Å². The normalized spacial score (nSPS) is 13.2. The highest BCUT2D eigenvalue weighted by Gasteiger charge is 2.19. The molecule has 0 heterocycles. The topological polar surface area (TPSA) is 78.9 Å². The molecule has 68 heavy (non-hydrogen) atoms. The lowest BCUT2D eigenvalue weighted by atomic mass is 10.1. The zero-order chi connectivity index (χ0) is 49.3. The molecule has 0 aromatic heterocycles. The fourth-order valence-electron chi connectivity index (χ4n) is 6.90. The molecule has 0 amide bonds. The number of carbonyl (C=O) groups excluding carboxylic acids is 3. The molecule has 0 rings (SSSR count). The molecule has 6 nitrogen and oxygen atoms in total. The second-order valence-corrected chi connectivity index (χ2v) is 17.4. The number of allylic oxidation sites excluding steroid dienone is 21. The van der Waals surface area contributed by atoms with Gasteiger partial charge in [0.1, 0.15) is 13.2 Å². The van der Waals surface area contributed by atoms with Crippen LogP contribution in [0.15, 0.2) is 134 Å². The Hall–Kier alpha value is -4.45. The van der Waals surface area contributed by atoms with Gasteiger partial charge in [0, 0.05) is 12.8 Å². The van der Waals surface area contributed by atoms with Crippen molar-refractivity contribution >= 4 is 17.9 Å². The number of carbonyl (C=O) groups is 3. The molecule has 6 heteroatoms. The van der Waals surface area contributed by atoms with Crippen molar-refractivity contribution in [1.29, 1.82) is 0 Å². The van der Waals surface area contributed by atoms with Crippen LogP contribution in [0.5, 0.6) is 0 Å². The highest BCUT2D eigenvalue weighted by molar-refractivity contribution is 5.72. The van der Waals surface area contributed by atoms with E-state index in [2.05, 4.69) is 142 Å². The summed E-state index contributed by atoms with van der Waals surface area (Å²) in [6.45, 7) is 6.26. The van der Waals surface area contributed by atoms with Gasteiger partial charge < -0.3 is 14.2 Å². The number of esters is 3. The van der Waals surface area contributed by atoms with Gasteiger partial charge >= 0.3 is 17.9 Å². The van der Waals surface area contributed by atoms with Crippen LogP contribution in [0.2, 0.25) is 0 Å². The van der Waals surface area contributed by atoms with Crippen LogP contribution in [0, 0.1) is 0 Å². The smallest absolute Gasteiger partial charge is 0.309 e. The molecule has 0 aliphatic rings. The fourth-order valence-corrected chi connectivity index (χ4v) is 6.90. The van der Waals surface area contributed by atoms with E-state index in [1.807, 2.05) is 6.08 Å². The quantitative estimate of drug-likeness (QED) is 0.0262. The standard InChI is InChI=1S/C62H98O6/c1-4-7-10-13-16-19-22-25-28-30-32-34-37-40-43-46-49-52-55-61(64)67-58-59(57-66-60(63)54-51-48-45-42-39-36-33-27-24-21-18-15-12-9-6-3)68-62(65)56-53-50-47-44-41-38-35-31-29-26-23-20-17-14-11-8-5-2/h8-9,11-12,17-18,20-21,26-30,33,35,38-39,42,44,47-48,51,59H,4-7,10,13-16,19,22-25,31-32,34,36-37,40-41,43,45-46,49-50,52-58H2,1-3H3/b11-8-,12-9-,20-17-,21-18-,29-26-,30-28-,33-27-,38-35-,42-39-,47-44-,51-48-. The highest BCUT2D eigenvalue weighted by Crippen LogP contribution is 2.13. The first-order chi connectivity index (χ1) is 33.5. The molecule has 0 saturated heterocycles. The first-order valence-corrected chi connectivity index (χ1v) is 27.2. The third-order valence-electron chi connectivity index (χ3n) is 10.9. The van der Waals surface area contributed by atoms with E-state index in [0.29, 0.717) is 12.8 Å². The van der Waals surface area contributed by atoms with Crippen molar-refractivity contribution in [3.63, 3.8) is 0 Å². The minimum Gasteiger partial charge on any atom is -0.462 e.